The van der Waals surface area contributed by atoms with Gasteiger partial charge in [0, 0.05) is 49.3 Å². The fourth-order valence-corrected chi connectivity index (χ4v) is 8.42. The largest absolute Gasteiger partial charge is 0.456 e. The molecule has 1 aliphatic carbocycles. The summed E-state index contributed by atoms with van der Waals surface area (Å²) in [6.45, 7) is 4.68. The van der Waals surface area contributed by atoms with Crippen LogP contribution >= 0.6 is 0 Å². The van der Waals surface area contributed by atoms with Gasteiger partial charge in [0.25, 0.3) is 0 Å². The Morgan fingerprint density at radius 1 is 0.434 bits per heavy atom. The van der Waals surface area contributed by atoms with Gasteiger partial charge in [0.1, 0.15) is 11.2 Å². The lowest BCUT2D eigenvalue weighted by Gasteiger charge is -2.21. The maximum atomic E-state index is 6.23. The van der Waals surface area contributed by atoms with E-state index >= 15 is 0 Å². The van der Waals surface area contributed by atoms with Crippen molar-refractivity contribution in [3.05, 3.63) is 169 Å². The molecule has 0 spiro atoms. The molecule has 53 heavy (non-hydrogen) atoms. The van der Waals surface area contributed by atoms with Crippen molar-refractivity contribution in [2.24, 2.45) is 0 Å². The Bertz CT molecular complexity index is 3080. The van der Waals surface area contributed by atoms with Gasteiger partial charge in [0.05, 0.1) is 11.0 Å². The molecule has 0 amide bonds. The summed E-state index contributed by atoms with van der Waals surface area (Å²) in [5.74, 6) is 1.84. The first-order valence-electron chi connectivity index (χ1n) is 18.0. The van der Waals surface area contributed by atoms with Crippen molar-refractivity contribution in [1.29, 1.82) is 0 Å². The van der Waals surface area contributed by atoms with Crippen LogP contribution in [0.2, 0.25) is 0 Å². The predicted molar refractivity (Wildman–Crippen MR) is 215 cm³/mol. The normalized spacial score (nSPS) is 13.2. The summed E-state index contributed by atoms with van der Waals surface area (Å²) in [4.78, 5) is 15.0. The summed E-state index contributed by atoms with van der Waals surface area (Å²) in [6, 6.07) is 55.4. The monoisotopic (exact) mass is 680 g/mol. The standard InChI is InChI=1S/C48H32N4O/c1-48(2)39-17-9-6-14-33(39)37-27-38-34-15-7-10-18-41(34)52(42(38)28-40(37)48)32-23-20-30(21-24-32)46-49-45(29-12-4-3-5-13-29)50-47(51-46)31-22-25-36-35-16-8-11-19-43(35)53-44(36)26-31/h3-28H,1-2H3. The first kappa shape index (κ1) is 29.8. The van der Waals surface area contributed by atoms with Crippen molar-refractivity contribution in [3.8, 4) is 51.0 Å². The van der Waals surface area contributed by atoms with Gasteiger partial charge in [-0.05, 0) is 82.9 Å². The number of aromatic nitrogens is 4. The molecule has 250 valence electrons. The Kier molecular flexibility index (Phi) is 6.23. The van der Waals surface area contributed by atoms with E-state index in [0.717, 1.165) is 44.3 Å². The number of para-hydroxylation sites is 2. The van der Waals surface area contributed by atoms with Gasteiger partial charge in [-0.2, -0.15) is 0 Å². The van der Waals surface area contributed by atoms with Crippen LogP contribution in [-0.4, -0.2) is 19.5 Å². The highest BCUT2D eigenvalue weighted by atomic mass is 16.3. The van der Waals surface area contributed by atoms with Gasteiger partial charge in [-0.3, -0.25) is 0 Å². The fourth-order valence-electron chi connectivity index (χ4n) is 8.42. The molecule has 0 bridgehead atoms. The molecular weight excluding hydrogens is 649 g/mol. The minimum atomic E-state index is -0.0902. The van der Waals surface area contributed by atoms with E-state index in [1.165, 1.54) is 44.1 Å². The van der Waals surface area contributed by atoms with Gasteiger partial charge < -0.3 is 8.98 Å². The highest BCUT2D eigenvalue weighted by Gasteiger charge is 2.36. The fraction of sp³-hybridized carbons (Fsp3) is 0.0625. The van der Waals surface area contributed by atoms with Crippen molar-refractivity contribution in [2.45, 2.75) is 19.3 Å². The Morgan fingerprint density at radius 3 is 1.87 bits per heavy atom. The molecule has 5 nitrogen and oxygen atoms in total. The second kappa shape index (κ2) is 11.1. The van der Waals surface area contributed by atoms with Gasteiger partial charge in [-0.25, -0.2) is 15.0 Å². The lowest BCUT2D eigenvalue weighted by atomic mass is 9.82. The van der Waals surface area contributed by atoms with Crippen molar-refractivity contribution >= 4 is 43.7 Å². The lowest BCUT2D eigenvalue weighted by molar-refractivity contribution is 0.661. The molecular formula is C48H32N4O. The van der Waals surface area contributed by atoms with Crippen molar-refractivity contribution in [3.63, 3.8) is 0 Å². The predicted octanol–water partition coefficient (Wildman–Crippen LogP) is 12.2. The van der Waals surface area contributed by atoms with Crippen LogP contribution in [0.15, 0.2) is 162 Å². The van der Waals surface area contributed by atoms with Gasteiger partial charge in [-0.15, -0.1) is 0 Å². The number of hydrogen-bond acceptors (Lipinski definition) is 4. The molecule has 0 N–H and O–H groups in total. The van der Waals surface area contributed by atoms with Crippen LogP contribution in [0.1, 0.15) is 25.0 Å². The molecule has 0 atom stereocenters. The summed E-state index contributed by atoms with van der Waals surface area (Å²) in [6.07, 6.45) is 0. The highest BCUT2D eigenvalue weighted by molar-refractivity contribution is 6.11. The summed E-state index contributed by atoms with van der Waals surface area (Å²) in [5.41, 5.74) is 13.2. The smallest absolute Gasteiger partial charge is 0.164 e. The average molecular weight is 681 g/mol. The number of fused-ring (bicyclic) bond motifs is 9. The molecule has 7 aromatic carbocycles. The summed E-state index contributed by atoms with van der Waals surface area (Å²) in [7, 11) is 0. The third-order valence-corrected chi connectivity index (χ3v) is 11.1. The first-order valence-corrected chi connectivity index (χ1v) is 18.0. The maximum Gasteiger partial charge on any atom is 0.164 e. The van der Waals surface area contributed by atoms with Crippen LogP contribution in [0.25, 0.3) is 94.7 Å². The number of hydrogen-bond donors (Lipinski definition) is 0. The zero-order chi connectivity index (χ0) is 35.3. The number of furan rings is 1. The van der Waals surface area contributed by atoms with Crippen molar-refractivity contribution in [2.75, 3.05) is 0 Å². The maximum absolute atomic E-state index is 6.23. The van der Waals surface area contributed by atoms with Gasteiger partial charge in [0.2, 0.25) is 0 Å². The third-order valence-electron chi connectivity index (χ3n) is 11.1. The molecule has 0 aliphatic heterocycles. The van der Waals surface area contributed by atoms with Crippen LogP contribution in [-0.2, 0) is 5.41 Å². The van der Waals surface area contributed by atoms with E-state index in [1.54, 1.807) is 0 Å². The average Bonchev–Trinajstić information content (AvgIpc) is 3.82. The minimum Gasteiger partial charge on any atom is -0.456 e. The summed E-state index contributed by atoms with van der Waals surface area (Å²) >= 11 is 0. The van der Waals surface area contributed by atoms with E-state index in [0.29, 0.717) is 17.5 Å². The lowest BCUT2D eigenvalue weighted by Crippen LogP contribution is -2.14. The summed E-state index contributed by atoms with van der Waals surface area (Å²) in [5, 5.41) is 4.66. The van der Waals surface area contributed by atoms with E-state index < -0.39 is 0 Å². The quantitative estimate of drug-likeness (QED) is 0.186. The molecule has 10 aromatic rings. The molecule has 3 heterocycles. The van der Waals surface area contributed by atoms with E-state index in [9.17, 15) is 0 Å². The van der Waals surface area contributed by atoms with Crippen molar-refractivity contribution < 1.29 is 4.42 Å². The molecule has 0 unspecified atom stereocenters. The number of benzene rings is 7. The Labute approximate surface area is 305 Å². The topological polar surface area (TPSA) is 56.7 Å². The molecule has 3 aromatic heterocycles. The molecule has 0 radical (unpaired) electrons. The Morgan fingerprint density at radius 2 is 1.06 bits per heavy atom. The molecule has 0 fully saturated rings. The highest BCUT2D eigenvalue weighted by Crippen LogP contribution is 2.51. The first-order chi connectivity index (χ1) is 26.0. The van der Waals surface area contributed by atoms with Gasteiger partial charge >= 0.3 is 0 Å². The van der Waals surface area contributed by atoms with E-state index in [-0.39, 0.29) is 5.41 Å². The van der Waals surface area contributed by atoms with Gasteiger partial charge in [-0.1, -0.05) is 111 Å². The SMILES string of the molecule is CC1(C)c2ccccc2-c2cc3c4ccccc4n(-c4ccc(-c5nc(-c6ccccc6)nc(-c6ccc7c(c6)oc6ccccc67)n5)cc4)c3cc21. The summed E-state index contributed by atoms with van der Waals surface area (Å²) < 4.78 is 8.63. The minimum absolute atomic E-state index is 0.0902. The molecule has 5 heteroatoms. The Balaban J connectivity index is 1.05. The van der Waals surface area contributed by atoms with Crippen LogP contribution in [0.4, 0.5) is 0 Å². The van der Waals surface area contributed by atoms with Crippen LogP contribution in [0.3, 0.4) is 0 Å². The van der Waals surface area contributed by atoms with E-state index in [1.807, 2.05) is 54.6 Å². The van der Waals surface area contributed by atoms with Crippen LogP contribution in [0, 0.1) is 0 Å². The third kappa shape index (κ3) is 4.47. The Hall–Kier alpha value is -6.85. The second-order valence-electron chi connectivity index (χ2n) is 14.5. The van der Waals surface area contributed by atoms with E-state index in [4.69, 9.17) is 19.4 Å². The van der Waals surface area contributed by atoms with E-state index in [2.05, 4.69) is 122 Å². The van der Waals surface area contributed by atoms with Crippen LogP contribution in [0.5, 0.6) is 0 Å². The zero-order valence-electron chi connectivity index (χ0n) is 29.2. The molecule has 11 rings (SSSR count). The molecule has 1 aliphatic rings. The zero-order valence-corrected chi connectivity index (χ0v) is 29.2. The molecule has 0 saturated heterocycles. The number of nitrogens with zero attached hydrogens (tertiary/aromatic N) is 4. The molecule has 0 saturated carbocycles. The second-order valence-corrected chi connectivity index (χ2v) is 14.5. The number of rotatable bonds is 4. The van der Waals surface area contributed by atoms with Crippen molar-refractivity contribution in [1.82, 2.24) is 19.5 Å². The van der Waals surface area contributed by atoms with Crippen LogP contribution < -0.4 is 0 Å². The van der Waals surface area contributed by atoms with Gasteiger partial charge in [0.15, 0.2) is 17.5 Å².